The summed E-state index contributed by atoms with van der Waals surface area (Å²) in [6.45, 7) is 4.39. The first-order chi connectivity index (χ1) is 17.6. The van der Waals surface area contributed by atoms with Gasteiger partial charge in [-0.1, -0.05) is 94.3 Å². The molecule has 3 aromatic rings. The standard InChI is InChI=1S/C34H36F2/c1-3-5-7-8-10-12-31-22-19-30(26-33(31)35)21-24-32-23-20-29(25-34(32)36)18-17-28-15-13-27(14-16-28)11-9-6-4-2/h13-16,19-20,22-23,25-26H,3-12H2,1-2H3. The van der Waals surface area contributed by atoms with Crippen LogP contribution in [0.2, 0.25) is 0 Å². The third-order valence-corrected chi connectivity index (χ3v) is 6.29. The van der Waals surface area contributed by atoms with Gasteiger partial charge in [0.25, 0.3) is 0 Å². The predicted molar refractivity (Wildman–Crippen MR) is 147 cm³/mol. The Morgan fingerprint density at radius 1 is 0.528 bits per heavy atom. The molecule has 0 atom stereocenters. The molecule has 0 unspecified atom stereocenters. The first kappa shape index (κ1) is 27.2. The lowest BCUT2D eigenvalue weighted by Gasteiger charge is -2.04. The molecule has 3 aromatic carbocycles. The SMILES string of the molecule is CCCCCCCc1ccc(C#Cc2ccc(C#Cc3ccc(CCCCC)cc3)cc2F)cc1F. The summed E-state index contributed by atoms with van der Waals surface area (Å²) >= 11 is 0. The Labute approximate surface area is 216 Å². The van der Waals surface area contributed by atoms with Crippen LogP contribution < -0.4 is 0 Å². The fourth-order valence-electron chi connectivity index (χ4n) is 4.06. The van der Waals surface area contributed by atoms with Gasteiger partial charge in [0.05, 0.1) is 5.56 Å². The van der Waals surface area contributed by atoms with Gasteiger partial charge in [-0.05, 0) is 79.3 Å². The Morgan fingerprint density at radius 3 is 1.78 bits per heavy atom. The molecular weight excluding hydrogens is 446 g/mol. The molecule has 0 heterocycles. The summed E-state index contributed by atoms with van der Waals surface area (Å²) in [6.07, 6.45) is 11.2. The summed E-state index contributed by atoms with van der Waals surface area (Å²) in [4.78, 5) is 0. The molecule has 0 aliphatic heterocycles. The number of aryl methyl sites for hydroxylation is 2. The third kappa shape index (κ3) is 9.02. The van der Waals surface area contributed by atoms with Crippen molar-refractivity contribution in [2.45, 2.75) is 78.1 Å². The smallest absolute Gasteiger partial charge is 0.140 e. The molecule has 36 heavy (non-hydrogen) atoms. The van der Waals surface area contributed by atoms with E-state index in [0.717, 1.165) is 36.8 Å². The molecule has 186 valence electrons. The molecule has 0 bridgehead atoms. The van der Waals surface area contributed by atoms with Gasteiger partial charge in [0.2, 0.25) is 0 Å². The largest absolute Gasteiger partial charge is 0.207 e. The van der Waals surface area contributed by atoms with Crippen LogP contribution in [0.25, 0.3) is 0 Å². The molecule has 0 nitrogen and oxygen atoms in total. The fourth-order valence-corrected chi connectivity index (χ4v) is 4.06. The molecule has 3 rings (SSSR count). The number of hydrogen-bond acceptors (Lipinski definition) is 0. The Balaban J connectivity index is 1.60. The summed E-state index contributed by atoms with van der Waals surface area (Å²) in [7, 11) is 0. The van der Waals surface area contributed by atoms with Gasteiger partial charge < -0.3 is 0 Å². The predicted octanol–water partition coefficient (Wildman–Crippen LogP) is 9.01. The van der Waals surface area contributed by atoms with Gasteiger partial charge in [0.15, 0.2) is 0 Å². The minimum absolute atomic E-state index is 0.239. The van der Waals surface area contributed by atoms with Gasteiger partial charge in [-0.15, -0.1) is 0 Å². The van der Waals surface area contributed by atoms with Gasteiger partial charge in [-0.2, -0.15) is 0 Å². The zero-order valence-corrected chi connectivity index (χ0v) is 21.6. The second-order valence-corrected chi connectivity index (χ2v) is 9.32. The van der Waals surface area contributed by atoms with E-state index in [1.165, 1.54) is 56.2 Å². The summed E-state index contributed by atoms with van der Waals surface area (Å²) < 4.78 is 29.0. The van der Waals surface area contributed by atoms with Gasteiger partial charge in [0, 0.05) is 16.7 Å². The molecule has 0 spiro atoms. The molecule has 0 radical (unpaired) electrons. The number of benzene rings is 3. The normalized spacial score (nSPS) is 10.3. The molecule has 0 amide bonds. The van der Waals surface area contributed by atoms with Crippen LogP contribution in [-0.2, 0) is 12.8 Å². The molecule has 0 aliphatic carbocycles. The highest BCUT2D eigenvalue weighted by Gasteiger charge is 2.04. The molecule has 0 saturated heterocycles. The maximum atomic E-state index is 14.6. The van der Waals surface area contributed by atoms with Crippen molar-refractivity contribution in [3.63, 3.8) is 0 Å². The number of hydrogen-bond donors (Lipinski definition) is 0. The second kappa shape index (κ2) is 14.9. The lowest BCUT2D eigenvalue weighted by Crippen LogP contribution is -1.92. The quantitative estimate of drug-likeness (QED) is 0.200. The van der Waals surface area contributed by atoms with E-state index in [2.05, 4.69) is 49.7 Å². The summed E-state index contributed by atoms with van der Waals surface area (Å²) in [6, 6.07) is 18.1. The highest BCUT2D eigenvalue weighted by molar-refractivity contribution is 5.49. The fraction of sp³-hybridized carbons (Fsp3) is 0.353. The third-order valence-electron chi connectivity index (χ3n) is 6.29. The molecule has 0 saturated carbocycles. The highest BCUT2D eigenvalue weighted by atomic mass is 19.1. The summed E-state index contributed by atoms with van der Waals surface area (Å²) in [5.41, 5.74) is 4.36. The number of rotatable bonds is 10. The van der Waals surface area contributed by atoms with E-state index in [-0.39, 0.29) is 11.4 Å². The van der Waals surface area contributed by atoms with Crippen molar-refractivity contribution in [2.75, 3.05) is 0 Å². The first-order valence-corrected chi connectivity index (χ1v) is 13.3. The van der Waals surface area contributed by atoms with Gasteiger partial charge >= 0.3 is 0 Å². The second-order valence-electron chi connectivity index (χ2n) is 9.32. The monoisotopic (exact) mass is 482 g/mol. The van der Waals surface area contributed by atoms with Crippen LogP contribution in [-0.4, -0.2) is 0 Å². The molecular formula is C34H36F2. The van der Waals surface area contributed by atoms with E-state index in [4.69, 9.17) is 0 Å². The van der Waals surface area contributed by atoms with Crippen LogP contribution in [0.4, 0.5) is 8.78 Å². The summed E-state index contributed by atoms with van der Waals surface area (Å²) in [5, 5.41) is 0. The lowest BCUT2D eigenvalue weighted by molar-refractivity contribution is 0.587. The van der Waals surface area contributed by atoms with Gasteiger partial charge in [-0.3, -0.25) is 0 Å². The van der Waals surface area contributed by atoms with E-state index in [0.29, 0.717) is 11.1 Å². The van der Waals surface area contributed by atoms with Gasteiger partial charge in [-0.25, -0.2) is 8.78 Å². The van der Waals surface area contributed by atoms with Crippen molar-refractivity contribution in [1.82, 2.24) is 0 Å². The van der Waals surface area contributed by atoms with Crippen molar-refractivity contribution in [2.24, 2.45) is 0 Å². The average Bonchev–Trinajstić information content (AvgIpc) is 2.88. The van der Waals surface area contributed by atoms with E-state index in [9.17, 15) is 8.78 Å². The van der Waals surface area contributed by atoms with Gasteiger partial charge in [0.1, 0.15) is 11.6 Å². The molecule has 0 aromatic heterocycles. The maximum absolute atomic E-state index is 14.6. The molecule has 2 heteroatoms. The van der Waals surface area contributed by atoms with Crippen LogP contribution in [0.1, 0.15) is 98.6 Å². The zero-order chi connectivity index (χ0) is 25.6. The maximum Gasteiger partial charge on any atom is 0.140 e. The van der Waals surface area contributed by atoms with Crippen molar-refractivity contribution in [1.29, 1.82) is 0 Å². The Morgan fingerprint density at radius 2 is 1.08 bits per heavy atom. The minimum atomic E-state index is -0.426. The van der Waals surface area contributed by atoms with Crippen LogP contribution in [0.15, 0.2) is 60.7 Å². The van der Waals surface area contributed by atoms with Crippen LogP contribution in [0.3, 0.4) is 0 Å². The topological polar surface area (TPSA) is 0 Å². The Bertz CT molecular complexity index is 1230. The average molecular weight is 483 g/mol. The Hall–Kier alpha value is -3.36. The van der Waals surface area contributed by atoms with Crippen molar-refractivity contribution in [3.05, 3.63) is 106 Å². The van der Waals surface area contributed by atoms with E-state index in [1.54, 1.807) is 18.2 Å². The highest BCUT2D eigenvalue weighted by Crippen LogP contribution is 2.15. The van der Waals surface area contributed by atoms with E-state index < -0.39 is 5.82 Å². The lowest BCUT2D eigenvalue weighted by atomic mass is 10.0. The molecule has 0 N–H and O–H groups in total. The molecule has 0 aliphatic rings. The van der Waals surface area contributed by atoms with Crippen LogP contribution >= 0.6 is 0 Å². The van der Waals surface area contributed by atoms with E-state index >= 15 is 0 Å². The minimum Gasteiger partial charge on any atom is -0.207 e. The van der Waals surface area contributed by atoms with E-state index in [1.807, 2.05) is 18.2 Å². The molecule has 0 fully saturated rings. The van der Waals surface area contributed by atoms with Crippen molar-refractivity contribution >= 4 is 0 Å². The number of halogens is 2. The van der Waals surface area contributed by atoms with Crippen LogP contribution in [0, 0.1) is 35.3 Å². The summed E-state index contributed by atoms with van der Waals surface area (Å²) in [5.74, 6) is 11.2. The Kier molecular flexibility index (Phi) is 11.3. The van der Waals surface area contributed by atoms with Crippen molar-refractivity contribution < 1.29 is 8.78 Å². The van der Waals surface area contributed by atoms with Crippen LogP contribution in [0.5, 0.6) is 0 Å². The number of unbranched alkanes of at least 4 members (excludes halogenated alkanes) is 6. The zero-order valence-electron chi connectivity index (χ0n) is 21.6. The first-order valence-electron chi connectivity index (χ1n) is 13.3. The van der Waals surface area contributed by atoms with Crippen molar-refractivity contribution in [3.8, 4) is 23.7 Å².